The third-order valence-corrected chi connectivity index (χ3v) is 11.9. The predicted octanol–water partition coefficient (Wildman–Crippen LogP) is 7.42. The highest BCUT2D eigenvalue weighted by molar-refractivity contribution is 8.01. The van der Waals surface area contributed by atoms with Crippen molar-refractivity contribution in [2.24, 2.45) is 0 Å². The van der Waals surface area contributed by atoms with Crippen molar-refractivity contribution in [3.05, 3.63) is 206 Å². The second-order valence-electron chi connectivity index (χ2n) is 10.8. The van der Waals surface area contributed by atoms with Crippen molar-refractivity contribution in [2.75, 3.05) is 5.32 Å². The molecule has 0 heterocycles. The minimum absolute atomic E-state index is 0.0764. The van der Waals surface area contributed by atoms with Crippen molar-refractivity contribution < 1.29 is 20.1 Å². The lowest BCUT2D eigenvalue weighted by Gasteiger charge is -2.27. The molecule has 0 fully saturated rings. The van der Waals surface area contributed by atoms with Crippen LogP contribution in [0.4, 0.5) is 5.69 Å². The van der Waals surface area contributed by atoms with E-state index in [0.29, 0.717) is 5.69 Å². The number of nitrogens with one attached hydrogen (secondary N) is 1. The molecule has 7 aromatic rings. The van der Waals surface area contributed by atoms with Gasteiger partial charge in [0.25, 0.3) is 5.91 Å². The average molecular weight is 662 g/mol. The molecule has 0 unspecified atom stereocenters. The zero-order valence-corrected chi connectivity index (χ0v) is 27.6. The van der Waals surface area contributed by atoms with Gasteiger partial charge in [-0.25, -0.2) is 0 Å². The second-order valence-corrected chi connectivity index (χ2v) is 14.2. The number of hydrogen-bond acceptors (Lipinski definition) is 4. The molecule has 5 nitrogen and oxygen atoms in total. The Hall–Kier alpha value is -6.16. The van der Waals surface area contributed by atoms with Crippen LogP contribution in [0.2, 0.25) is 0 Å². The summed E-state index contributed by atoms with van der Waals surface area (Å²) < 4.78 is 0. The molecule has 7 aromatic carbocycles. The second kappa shape index (κ2) is 17.1. The monoisotopic (exact) mass is 661 g/mol. The summed E-state index contributed by atoms with van der Waals surface area (Å²) in [7, 11) is -1.91. The van der Waals surface area contributed by atoms with Crippen LogP contribution in [0.1, 0.15) is 10.4 Å². The molecule has 0 aliphatic rings. The molecule has 0 aromatic heterocycles. The van der Waals surface area contributed by atoms with E-state index in [1.807, 2.05) is 18.2 Å². The molecule has 242 valence electrons. The van der Waals surface area contributed by atoms with Gasteiger partial charge in [0.1, 0.15) is 28.5 Å². The van der Waals surface area contributed by atoms with E-state index >= 15 is 0 Å². The standard InChI is InChI=1S/C24H20P.C13H11NO2.C6H6O2/c1-5-13-21(14-6-1)25(22-15-7-2-8-16-22,23-17-9-3-10-18-23)24-19-11-4-12-20-24;15-12-9-5-4-8-11(12)13(16)14-10-6-2-1-3-7-10;7-5-3-1-2-4-6(5)8/h1-20H;1-9,15H,(H,14,16);1-4,7-8H/q+1;;/p-1. The maximum Gasteiger partial charge on any atom is 0.255 e. The minimum Gasteiger partial charge on any atom is -0.872 e. The quantitative estimate of drug-likeness (QED) is 0.128. The average Bonchev–Trinajstić information content (AvgIpc) is 3.16. The van der Waals surface area contributed by atoms with Gasteiger partial charge in [0, 0.05) is 11.3 Å². The van der Waals surface area contributed by atoms with Crippen LogP contribution in [0, 0.1) is 0 Å². The smallest absolute Gasteiger partial charge is 0.255 e. The van der Waals surface area contributed by atoms with E-state index in [0.717, 1.165) is 0 Å². The first kappa shape index (κ1) is 34.2. The fourth-order valence-corrected chi connectivity index (χ4v) is 9.61. The topological polar surface area (TPSA) is 92.6 Å². The number of phenols is 2. The summed E-state index contributed by atoms with van der Waals surface area (Å²) in [5, 5.41) is 36.9. The molecular formula is C43H36NO4P. The van der Waals surface area contributed by atoms with Gasteiger partial charge in [-0.05, 0) is 72.8 Å². The summed E-state index contributed by atoms with van der Waals surface area (Å²) in [4.78, 5) is 11.7. The van der Waals surface area contributed by atoms with Crippen LogP contribution >= 0.6 is 7.26 Å². The number of carbonyl (C=O) groups is 1. The molecule has 0 radical (unpaired) electrons. The third-order valence-electron chi connectivity index (χ3n) is 7.62. The maximum absolute atomic E-state index is 11.7. The Morgan fingerprint density at radius 2 is 0.735 bits per heavy atom. The first-order valence-corrected chi connectivity index (χ1v) is 17.5. The Balaban J connectivity index is 0.000000166. The molecular weight excluding hydrogens is 625 g/mol. The number of para-hydroxylation sites is 4. The van der Waals surface area contributed by atoms with Gasteiger partial charge in [0.2, 0.25) is 0 Å². The van der Waals surface area contributed by atoms with Crippen molar-refractivity contribution in [2.45, 2.75) is 0 Å². The summed E-state index contributed by atoms with van der Waals surface area (Å²) in [6, 6.07) is 65.2. The van der Waals surface area contributed by atoms with E-state index in [1.54, 1.807) is 36.4 Å². The third kappa shape index (κ3) is 8.61. The molecule has 6 heteroatoms. The Morgan fingerprint density at radius 1 is 0.429 bits per heavy atom. The largest absolute Gasteiger partial charge is 0.872 e. The van der Waals surface area contributed by atoms with Gasteiger partial charge in [-0.15, -0.1) is 0 Å². The molecule has 3 N–H and O–H groups in total. The normalized spacial score (nSPS) is 10.4. The van der Waals surface area contributed by atoms with Crippen LogP contribution in [-0.2, 0) is 0 Å². The highest BCUT2D eigenvalue weighted by atomic mass is 31.2. The fraction of sp³-hybridized carbons (Fsp3) is 0. The van der Waals surface area contributed by atoms with Crippen LogP contribution in [0.5, 0.6) is 17.2 Å². The molecule has 0 saturated heterocycles. The van der Waals surface area contributed by atoms with E-state index in [1.165, 1.54) is 45.5 Å². The van der Waals surface area contributed by atoms with E-state index in [2.05, 4.69) is 127 Å². The molecule has 49 heavy (non-hydrogen) atoms. The highest BCUT2D eigenvalue weighted by Crippen LogP contribution is 2.54. The van der Waals surface area contributed by atoms with Gasteiger partial charge in [0.05, 0.1) is 0 Å². The summed E-state index contributed by atoms with van der Waals surface area (Å²) in [6.07, 6.45) is 0. The van der Waals surface area contributed by atoms with Gasteiger partial charge < -0.3 is 20.6 Å². The fourth-order valence-electron chi connectivity index (χ4n) is 5.34. The first-order valence-electron chi connectivity index (χ1n) is 15.7. The zero-order chi connectivity index (χ0) is 34.3. The van der Waals surface area contributed by atoms with Crippen LogP contribution < -0.4 is 31.6 Å². The van der Waals surface area contributed by atoms with Gasteiger partial charge in [-0.3, -0.25) is 4.79 Å². The predicted molar refractivity (Wildman–Crippen MR) is 201 cm³/mol. The van der Waals surface area contributed by atoms with Crippen molar-refractivity contribution in [3.8, 4) is 17.2 Å². The lowest BCUT2D eigenvalue weighted by molar-refractivity contribution is -0.268. The molecule has 0 atom stereocenters. The Bertz CT molecular complexity index is 1840. The first-order chi connectivity index (χ1) is 24.0. The Kier molecular flexibility index (Phi) is 11.9. The van der Waals surface area contributed by atoms with Crippen molar-refractivity contribution in [1.82, 2.24) is 0 Å². The van der Waals surface area contributed by atoms with Gasteiger partial charge in [0.15, 0.2) is 11.5 Å². The van der Waals surface area contributed by atoms with Crippen molar-refractivity contribution >= 4 is 40.1 Å². The SMILES string of the molecule is O=C(Nc1ccccc1)c1ccccc1[O-].Oc1ccccc1O.c1ccc([P+](c2ccccc2)(c2ccccc2)c2ccccc2)cc1. The van der Waals surface area contributed by atoms with Gasteiger partial charge in [-0.2, -0.15) is 0 Å². The molecule has 0 aliphatic carbocycles. The number of benzene rings is 7. The summed E-state index contributed by atoms with van der Waals surface area (Å²) in [6.45, 7) is 0. The summed E-state index contributed by atoms with van der Waals surface area (Å²) in [5.41, 5.74) is 0.835. The summed E-state index contributed by atoms with van der Waals surface area (Å²) >= 11 is 0. The Morgan fingerprint density at radius 3 is 1.08 bits per heavy atom. The number of hydrogen-bond donors (Lipinski definition) is 3. The number of aromatic hydroxyl groups is 2. The zero-order valence-electron chi connectivity index (χ0n) is 26.7. The molecule has 0 spiro atoms. The molecule has 7 rings (SSSR count). The van der Waals surface area contributed by atoms with E-state index in [9.17, 15) is 9.90 Å². The van der Waals surface area contributed by atoms with E-state index in [4.69, 9.17) is 10.2 Å². The van der Waals surface area contributed by atoms with E-state index < -0.39 is 7.26 Å². The van der Waals surface area contributed by atoms with Gasteiger partial charge >= 0.3 is 0 Å². The van der Waals surface area contributed by atoms with Crippen LogP contribution in [0.15, 0.2) is 200 Å². The lowest BCUT2D eigenvalue weighted by atomic mass is 10.2. The lowest BCUT2D eigenvalue weighted by Crippen LogP contribution is -2.38. The highest BCUT2D eigenvalue weighted by Gasteiger charge is 2.47. The number of anilines is 1. The van der Waals surface area contributed by atoms with Crippen LogP contribution in [0.25, 0.3) is 0 Å². The maximum atomic E-state index is 11.7. The van der Waals surface area contributed by atoms with Gasteiger partial charge in [-0.1, -0.05) is 133 Å². The molecule has 0 aliphatic heterocycles. The Labute approximate surface area is 287 Å². The van der Waals surface area contributed by atoms with Crippen molar-refractivity contribution in [3.63, 3.8) is 0 Å². The molecule has 1 amide bonds. The molecule has 0 saturated carbocycles. The van der Waals surface area contributed by atoms with Crippen LogP contribution in [0.3, 0.4) is 0 Å². The van der Waals surface area contributed by atoms with Crippen molar-refractivity contribution in [1.29, 1.82) is 0 Å². The van der Waals surface area contributed by atoms with Crippen LogP contribution in [-0.4, -0.2) is 16.1 Å². The molecule has 0 bridgehead atoms. The minimum atomic E-state index is -1.91. The number of amides is 1. The number of carbonyl (C=O) groups excluding carboxylic acids is 1. The number of phenolic OH excluding ortho intramolecular Hbond substituents is 2. The number of rotatable bonds is 6. The van der Waals surface area contributed by atoms with E-state index in [-0.39, 0.29) is 28.7 Å². The summed E-state index contributed by atoms with van der Waals surface area (Å²) in [5.74, 6) is -0.798.